The molecule has 1 saturated carbocycles. The minimum absolute atomic E-state index is 0.230. The molecule has 0 aromatic heterocycles. The van der Waals surface area contributed by atoms with Gasteiger partial charge in [-0.1, -0.05) is 31.5 Å². The lowest BCUT2D eigenvalue weighted by Gasteiger charge is -2.27. The minimum Gasteiger partial charge on any atom is -0.389 e. The molecule has 1 aromatic carbocycles. The highest BCUT2D eigenvalue weighted by Gasteiger charge is 2.16. The van der Waals surface area contributed by atoms with Gasteiger partial charge in [0.25, 0.3) is 0 Å². The molecule has 0 bridgehead atoms. The van der Waals surface area contributed by atoms with Crippen molar-refractivity contribution in [1.29, 1.82) is 0 Å². The van der Waals surface area contributed by atoms with Crippen LogP contribution in [0.15, 0.2) is 18.2 Å². The highest BCUT2D eigenvalue weighted by molar-refractivity contribution is 7.80. The molecule has 2 N–H and O–H groups in total. The molecule has 4 heteroatoms. The topological polar surface area (TPSA) is 29.3 Å². The normalized spacial score (nSPS) is 16.6. The first-order valence-corrected chi connectivity index (χ1v) is 7.74. The highest BCUT2D eigenvalue weighted by atomic mass is 32.1. The van der Waals surface area contributed by atoms with E-state index in [4.69, 9.17) is 18.0 Å². The van der Waals surface area contributed by atoms with Gasteiger partial charge in [0.2, 0.25) is 0 Å². The first-order valence-electron chi connectivity index (χ1n) is 7.33. The Morgan fingerprint density at radius 3 is 2.70 bits per heavy atom. The van der Waals surface area contributed by atoms with Gasteiger partial charge in [0, 0.05) is 18.7 Å². The van der Waals surface area contributed by atoms with E-state index in [0.29, 0.717) is 11.5 Å². The molecule has 2 rings (SSSR count). The molecule has 1 aromatic rings. The summed E-state index contributed by atoms with van der Waals surface area (Å²) >= 11 is 5.04. The fourth-order valence-corrected chi connectivity index (χ4v) is 3.30. The van der Waals surface area contributed by atoms with Crippen molar-refractivity contribution in [3.63, 3.8) is 0 Å². The van der Waals surface area contributed by atoms with Crippen molar-refractivity contribution >= 4 is 17.2 Å². The molecule has 0 saturated heterocycles. The van der Waals surface area contributed by atoms with E-state index in [2.05, 4.69) is 11.9 Å². The summed E-state index contributed by atoms with van der Waals surface area (Å²) in [6.07, 6.45) is 6.69. The molecule has 20 heavy (non-hydrogen) atoms. The zero-order valence-electron chi connectivity index (χ0n) is 12.1. The SMILES string of the molecule is CN(Cc1cc(F)ccc1C(N)=S)CC1CCCCC1. The van der Waals surface area contributed by atoms with Crippen LogP contribution in [0.2, 0.25) is 0 Å². The Hall–Kier alpha value is -1.00. The third-order valence-corrected chi connectivity index (χ3v) is 4.29. The Kier molecular flexibility index (Phi) is 5.49. The summed E-state index contributed by atoms with van der Waals surface area (Å²) in [5.41, 5.74) is 7.39. The summed E-state index contributed by atoms with van der Waals surface area (Å²) in [5.74, 6) is 0.543. The van der Waals surface area contributed by atoms with E-state index in [9.17, 15) is 4.39 Å². The largest absolute Gasteiger partial charge is 0.389 e. The molecule has 0 amide bonds. The van der Waals surface area contributed by atoms with Crippen LogP contribution in [-0.4, -0.2) is 23.5 Å². The van der Waals surface area contributed by atoms with Gasteiger partial charge in [0.05, 0.1) is 0 Å². The maximum Gasteiger partial charge on any atom is 0.123 e. The van der Waals surface area contributed by atoms with Crippen LogP contribution in [-0.2, 0) is 6.54 Å². The van der Waals surface area contributed by atoms with E-state index in [1.807, 2.05) is 0 Å². The van der Waals surface area contributed by atoms with E-state index in [-0.39, 0.29) is 5.82 Å². The Balaban J connectivity index is 2.00. The molecule has 2 nitrogen and oxygen atoms in total. The number of hydrogen-bond donors (Lipinski definition) is 1. The molecule has 110 valence electrons. The average Bonchev–Trinajstić information content (AvgIpc) is 2.39. The molecule has 1 fully saturated rings. The van der Waals surface area contributed by atoms with Gasteiger partial charge < -0.3 is 10.6 Å². The quantitative estimate of drug-likeness (QED) is 0.843. The lowest BCUT2D eigenvalue weighted by atomic mass is 9.89. The van der Waals surface area contributed by atoms with Gasteiger partial charge in [0.15, 0.2) is 0 Å². The van der Waals surface area contributed by atoms with Crippen LogP contribution in [0.3, 0.4) is 0 Å². The van der Waals surface area contributed by atoms with Gasteiger partial charge in [0.1, 0.15) is 10.8 Å². The van der Waals surface area contributed by atoms with Crippen LogP contribution in [0, 0.1) is 11.7 Å². The number of rotatable bonds is 5. The second-order valence-electron chi connectivity index (χ2n) is 5.87. The van der Waals surface area contributed by atoms with Gasteiger partial charge in [-0.3, -0.25) is 0 Å². The molecule has 0 heterocycles. The second kappa shape index (κ2) is 7.14. The Labute approximate surface area is 126 Å². The van der Waals surface area contributed by atoms with E-state index in [1.165, 1.54) is 38.2 Å². The van der Waals surface area contributed by atoms with Crippen molar-refractivity contribution in [2.45, 2.75) is 38.6 Å². The maximum absolute atomic E-state index is 13.4. The molecule has 0 atom stereocenters. The van der Waals surface area contributed by atoms with E-state index in [1.54, 1.807) is 12.1 Å². The van der Waals surface area contributed by atoms with Gasteiger partial charge in [-0.15, -0.1) is 0 Å². The molecule has 0 unspecified atom stereocenters. The molecule has 0 spiro atoms. The van der Waals surface area contributed by atoms with Gasteiger partial charge in [-0.25, -0.2) is 4.39 Å². The number of halogens is 1. The van der Waals surface area contributed by atoms with E-state index < -0.39 is 0 Å². The highest BCUT2D eigenvalue weighted by Crippen LogP contribution is 2.24. The predicted octanol–water partition coefficient (Wildman–Crippen LogP) is 3.47. The van der Waals surface area contributed by atoms with E-state index in [0.717, 1.165) is 23.6 Å². The van der Waals surface area contributed by atoms with Crippen molar-refractivity contribution in [3.05, 3.63) is 35.1 Å². The maximum atomic E-state index is 13.4. The van der Waals surface area contributed by atoms with Crippen molar-refractivity contribution in [2.75, 3.05) is 13.6 Å². The first kappa shape index (κ1) is 15.4. The first-order chi connectivity index (χ1) is 9.56. The van der Waals surface area contributed by atoms with Crippen LogP contribution in [0.4, 0.5) is 4.39 Å². The lowest BCUT2D eigenvalue weighted by molar-refractivity contribution is 0.228. The van der Waals surface area contributed by atoms with Crippen LogP contribution in [0.25, 0.3) is 0 Å². The molecule has 1 aliphatic carbocycles. The molecular weight excluding hydrogens is 271 g/mol. The van der Waals surface area contributed by atoms with Crippen LogP contribution < -0.4 is 5.73 Å². The third kappa shape index (κ3) is 4.25. The predicted molar refractivity (Wildman–Crippen MR) is 85.2 cm³/mol. The Bertz CT molecular complexity index is 470. The zero-order valence-corrected chi connectivity index (χ0v) is 12.9. The Morgan fingerprint density at radius 1 is 1.35 bits per heavy atom. The van der Waals surface area contributed by atoms with E-state index >= 15 is 0 Å². The van der Waals surface area contributed by atoms with Gasteiger partial charge in [-0.2, -0.15) is 0 Å². The monoisotopic (exact) mass is 294 g/mol. The van der Waals surface area contributed by atoms with Crippen LogP contribution >= 0.6 is 12.2 Å². The summed E-state index contributed by atoms with van der Waals surface area (Å²) in [6, 6.07) is 4.65. The summed E-state index contributed by atoms with van der Waals surface area (Å²) in [4.78, 5) is 2.60. The number of nitrogens with zero attached hydrogens (tertiary/aromatic N) is 1. The standard InChI is InChI=1S/C16H23FN2S/c1-19(10-12-5-3-2-4-6-12)11-13-9-14(17)7-8-15(13)16(18)20/h7-9,12H,2-6,10-11H2,1H3,(H2,18,20). The fraction of sp³-hybridized carbons (Fsp3) is 0.562. The van der Waals surface area contributed by atoms with Gasteiger partial charge in [-0.05, 0) is 49.6 Å². The number of benzene rings is 1. The number of thiocarbonyl (C=S) groups is 1. The summed E-state index contributed by atoms with van der Waals surface area (Å²) in [6.45, 7) is 1.76. The summed E-state index contributed by atoms with van der Waals surface area (Å²) in [5, 5.41) is 0. The molecule has 0 radical (unpaired) electrons. The van der Waals surface area contributed by atoms with Crippen molar-refractivity contribution in [2.24, 2.45) is 11.7 Å². The number of nitrogens with two attached hydrogens (primary N) is 1. The van der Waals surface area contributed by atoms with Crippen molar-refractivity contribution in [1.82, 2.24) is 4.90 Å². The molecular formula is C16H23FN2S. The average molecular weight is 294 g/mol. The smallest absolute Gasteiger partial charge is 0.123 e. The zero-order chi connectivity index (χ0) is 14.5. The summed E-state index contributed by atoms with van der Waals surface area (Å²) < 4.78 is 13.4. The molecule has 0 aliphatic heterocycles. The summed E-state index contributed by atoms with van der Waals surface area (Å²) in [7, 11) is 2.09. The Morgan fingerprint density at radius 2 is 2.05 bits per heavy atom. The third-order valence-electron chi connectivity index (χ3n) is 4.07. The van der Waals surface area contributed by atoms with Crippen molar-refractivity contribution in [3.8, 4) is 0 Å². The number of hydrogen-bond acceptors (Lipinski definition) is 2. The minimum atomic E-state index is -0.230. The molecule has 1 aliphatic rings. The fourth-order valence-electron chi connectivity index (χ4n) is 3.10. The second-order valence-corrected chi connectivity index (χ2v) is 6.31. The van der Waals surface area contributed by atoms with Crippen LogP contribution in [0.1, 0.15) is 43.2 Å². The van der Waals surface area contributed by atoms with Crippen molar-refractivity contribution < 1.29 is 4.39 Å². The van der Waals surface area contributed by atoms with Gasteiger partial charge >= 0.3 is 0 Å². The van der Waals surface area contributed by atoms with Crippen LogP contribution in [0.5, 0.6) is 0 Å². The lowest BCUT2D eigenvalue weighted by Crippen LogP contribution is -2.28.